The molecular formula is C13H12F3NO. The van der Waals surface area contributed by atoms with Crippen molar-refractivity contribution in [2.75, 3.05) is 0 Å². The zero-order valence-corrected chi connectivity index (χ0v) is 9.48. The van der Waals surface area contributed by atoms with Crippen molar-refractivity contribution < 1.29 is 18.3 Å². The maximum Gasteiger partial charge on any atom is 0.416 e. The highest BCUT2D eigenvalue weighted by atomic mass is 19.4. The summed E-state index contributed by atoms with van der Waals surface area (Å²) in [6.07, 6.45) is -0.753. The molecule has 0 saturated heterocycles. The molecule has 5 heteroatoms. The number of hydrogen-bond acceptors (Lipinski definition) is 1. The molecule has 1 heterocycles. The van der Waals surface area contributed by atoms with E-state index in [1.165, 1.54) is 12.1 Å². The van der Waals surface area contributed by atoms with Crippen LogP contribution in [0.5, 0.6) is 0 Å². The van der Waals surface area contributed by atoms with Gasteiger partial charge in [-0.25, -0.2) is 0 Å². The first-order valence-electron chi connectivity index (χ1n) is 5.40. The number of alkyl halides is 3. The minimum atomic E-state index is -4.30. The van der Waals surface area contributed by atoms with Crippen LogP contribution in [0.2, 0.25) is 0 Å². The summed E-state index contributed by atoms with van der Waals surface area (Å²) >= 11 is 0. The minimum Gasteiger partial charge on any atom is -0.392 e. The molecule has 2 rings (SSSR count). The summed E-state index contributed by atoms with van der Waals surface area (Å²) in [6, 6.07) is 6.84. The molecule has 0 aliphatic rings. The molecule has 0 spiro atoms. The molecule has 0 aliphatic carbocycles. The van der Waals surface area contributed by atoms with Crippen molar-refractivity contribution in [1.82, 2.24) is 4.57 Å². The highest BCUT2D eigenvalue weighted by Crippen LogP contribution is 2.29. The van der Waals surface area contributed by atoms with Crippen LogP contribution >= 0.6 is 0 Å². The van der Waals surface area contributed by atoms with Crippen molar-refractivity contribution in [1.29, 1.82) is 0 Å². The molecule has 1 N–H and O–H groups in total. The van der Waals surface area contributed by atoms with E-state index in [1.807, 2.05) is 4.57 Å². The molecule has 0 saturated carbocycles. The Morgan fingerprint density at radius 2 is 1.67 bits per heavy atom. The molecule has 1 aromatic carbocycles. The number of aliphatic hydroxyl groups is 1. The topological polar surface area (TPSA) is 25.2 Å². The van der Waals surface area contributed by atoms with Gasteiger partial charge in [-0.15, -0.1) is 0 Å². The quantitative estimate of drug-likeness (QED) is 0.896. The second-order valence-electron chi connectivity index (χ2n) is 4.04. The van der Waals surface area contributed by atoms with Crippen LogP contribution in [0.1, 0.15) is 16.7 Å². The molecule has 2 aromatic rings. The van der Waals surface area contributed by atoms with Crippen LogP contribution in [0, 0.1) is 0 Å². The van der Waals surface area contributed by atoms with E-state index in [-0.39, 0.29) is 6.61 Å². The van der Waals surface area contributed by atoms with Crippen LogP contribution in [0.15, 0.2) is 42.7 Å². The molecule has 0 fully saturated rings. The smallest absolute Gasteiger partial charge is 0.392 e. The Bertz CT molecular complexity index is 514. The Kier molecular flexibility index (Phi) is 3.43. The highest BCUT2D eigenvalue weighted by Gasteiger charge is 2.29. The summed E-state index contributed by atoms with van der Waals surface area (Å²) in [6.45, 7) is 0.443. The summed E-state index contributed by atoms with van der Waals surface area (Å²) in [5.41, 5.74) is 0.916. The van der Waals surface area contributed by atoms with E-state index in [9.17, 15) is 13.2 Å². The maximum absolute atomic E-state index is 12.4. The van der Waals surface area contributed by atoms with Crippen molar-refractivity contribution in [2.24, 2.45) is 0 Å². The lowest BCUT2D eigenvalue weighted by Gasteiger charge is -2.08. The molecular weight excluding hydrogens is 243 g/mol. The lowest BCUT2D eigenvalue weighted by molar-refractivity contribution is -0.137. The molecule has 18 heavy (non-hydrogen) atoms. The first-order valence-corrected chi connectivity index (χ1v) is 5.40. The zero-order valence-electron chi connectivity index (χ0n) is 9.48. The number of rotatable bonds is 3. The summed E-state index contributed by atoms with van der Waals surface area (Å²) in [4.78, 5) is 0. The van der Waals surface area contributed by atoms with Gasteiger partial charge in [-0.05, 0) is 29.3 Å². The predicted molar refractivity (Wildman–Crippen MR) is 60.9 cm³/mol. The highest BCUT2D eigenvalue weighted by molar-refractivity contribution is 5.25. The summed E-state index contributed by atoms with van der Waals surface area (Å²) in [5, 5.41) is 8.90. The van der Waals surface area contributed by atoms with Crippen LogP contribution in [0.3, 0.4) is 0 Å². The van der Waals surface area contributed by atoms with E-state index in [4.69, 9.17) is 5.11 Å². The lowest BCUT2D eigenvalue weighted by Crippen LogP contribution is -2.05. The number of hydrogen-bond donors (Lipinski definition) is 1. The summed E-state index contributed by atoms with van der Waals surface area (Å²) < 4.78 is 38.9. The first-order chi connectivity index (χ1) is 8.49. The standard InChI is InChI=1S/C13H12F3NO/c14-13(15,16)12-3-1-10(2-4-12)7-17-6-5-11(8-17)9-18/h1-6,8,18H,7,9H2. The van der Waals surface area contributed by atoms with Crippen molar-refractivity contribution in [3.63, 3.8) is 0 Å². The van der Waals surface area contributed by atoms with E-state index in [0.29, 0.717) is 6.54 Å². The van der Waals surface area contributed by atoms with Crippen molar-refractivity contribution in [3.05, 3.63) is 59.4 Å². The van der Waals surface area contributed by atoms with Crippen LogP contribution < -0.4 is 0 Å². The monoisotopic (exact) mass is 255 g/mol. The molecule has 0 aliphatic heterocycles. The van der Waals surface area contributed by atoms with Gasteiger partial charge in [-0.3, -0.25) is 0 Å². The number of benzene rings is 1. The van der Waals surface area contributed by atoms with Crippen molar-refractivity contribution >= 4 is 0 Å². The van der Waals surface area contributed by atoms with Crippen LogP contribution in [0.25, 0.3) is 0 Å². The van der Waals surface area contributed by atoms with Gasteiger partial charge in [-0.1, -0.05) is 12.1 Å². The molecule has 0 radical (unpaired) electrons. The van der Waals surface area contributed by atoms with Gasteiger partial charge in [0.15, 0.2) is 0 Å². The van der Waals surface area contributed by atoms with E-state index in [0.717, 1.165) is 23.3 Å². The predicted octanol–water partition coefficient (Wildman–Crippen LogP) is 3.05. The third kappa shape index (κ3) is 2.92. The van der Waals surface area contributed by atoms with E-state index in [2.05, 4.69) is 0 Å². The van der Waals surface area contributed by atoms with Gasteiger partial charge in [0.2, 0.25) is 0 Å². The number of halogens is 3. The Labute approximate surface area is 102 Å². The SMILES string of the molecule is OCc1ccn(Cc2ccc(C(F)(F)F)cc2)c1. The molecule has 2 nitrogen and oxygen atoms in total. The molecule has 0 unspecified atom stereocenters. The molecule has 0 bridgehead atoms. The number of aromatic nitrogens is 1. The normalized spacial score (nSPS) is 11.8. The number of aliphatic hydroxyl groups excluding tert-OH is 1. The van der Waals surface area contributed by atoms with E-state index < -0.39 is 11.7 Å². The first kappa shape index (κ1) is 12.7. The Hall–Kier alpha value is -1.75. The maximum atomic E-state index is 12.4. The summed E-state index contributed by atoms with van der Waals surface area (Å²) in [5.74, 6) is 0. The van der Waals surface area contributed by atoms with Crippen molar-refractivity contribution in [2.45, 2.75) is 19.3 Å². The van der Waals surface area contributed by atoms with Gasteiger partial charge < -0.3 is 9.67 Å². The van der Waals surface area contributed by atoms with E-state index in [1.54, 1.807) is 18.5 Å². The number of nitrogens with zero attached hydrogens (tertiary/aromatic N) is 1. The molecule has 0 amide bonds. The second kappa shape index (κ2) is 4.86. The van der Waals surface area contributed by atoms with Crippen LogP contribution in [-0.4, -0.2) is 9.67 Å². The Morgan fingerprint density at radius 3 is 2.17 bits per heavy atom. The average Bonchev–Trinajstić information content (AvgIpc) is 2.76. The van der Waals surface area contributed by atoms with Crippen LogP contribution in [0.4, 0.5) is 13.2 Å². The second-order valence-corrected chi connectivity index (χ2v) is 4.04. The molecule has 1 aromatic heterocycles. The third-order valence-electron chi connectivity index (χ3n) is 2.64. The summed E-state index contributed by atoms with van der Waals surface area (Å²) in [7, 11) is 0. The van der Waals surface area contributed by atoms with Gasteiger partial charge in [0.25, 0.3) is 0 Å². The van der Waals surface area contributed by atoms with Gasteiger partial charge in [0.05, 0.1) is 12.2 Å². The molecule has 96 valence electrons. The fourth-order valence-corrected chi connectivity index (χ4v) is 1.69. The third-order valence-corrected chi connectivity index (χ3v) is 2.64. The minimum absolute atomic E-state index is 0.0417. The van der Waals surface area contributed by atoms with Gasteiger partial charge in [0, 0.05) is 18.9 Å². The van der Waals surface area contributed by atoms with Gasteiger partial charge in [0.1, 0.15) is 0 Å². The molecule has 0 atom stereocenters. The van der Waals surface area contributed by atoms with Crippen molar-refractivity contribution in [3.8, 4) is 0 Å². The van der Waals surface area contributed by atoms with Crippen LogP contribution in [-0.2, 0) is 19.3 Å². The Morgan fingerprint density at radius 1 is 1.00 bits per heavy atom. The fraction of sp³-hybridized carbons (Fsp3) is 0.231. The zero-order chi connectivity index (χ0) is 13.2. The Balaban J connectivity index is 2.11. The largest absolute Gasteiger partial charge is 0.416 e. The van der Waals surface area contributed by atoms with Gasteiger partial charge in [-0.2, -0.15) is 13.2 Å². The lowest BCUT2D eigenvalue weighted by atomic mass is 10.1. The average molecular weight is 255 g/mol. The van der Waals surface area contributed by atoms with Gasteiger partial charge >= 0.3 is 6.18 Å². The van der Waals surface area contributed by atoms with E-state index >= 15 is 0 Å². The fourth-order valence-electron chi connectivity index (χ4n) is 1.69.